The summed E-state index contributed by atoms with van der Waals surface area (Å²) in [7, 11) is 0. The molecule has 2 aromatic rings. The van der Waals surface area contributed by atoms with E-state index < -0.39 is 0 Å². The summed E-state index contributed by atoms with van der Waals surface area (Å²) < 4.78 is 1.45. The predicted molar refractivity (Wildman–Crippen MR) is 60.3 cm³/mol. The molecule has 78 valence electrons. The lowest BCUT2D eigenvalue weighted by molar-refractivity contribution is 0.846. The predicted octanol–water partition coefficient (Wildman–Crippen LogP) is 1.36. The minimum atomic E-state index is -0.139. The molecule has 15 heavy (non-hydrogen) atoms. The quantitative estimate of drug-likeness (QED) is 0.735. The number of rotatable bonds is 1. The smallest absolute Gasteiger partial charge is 0.273 e. The summed E-state index contributed by atoms with van der Waals surface area (Å²) >= 11 is 0. The Hall–Kier alpha value is -1.97. The van der Waals surface area contributed by atoms with E-state index in [9.17, 15) is 4.79 Å². The molecule has 0 aliphatic heterocycles. The van der Waals surface area contributed by atoms with Gasteiger partial charge in [-0.2, -0.15) is 0 Å². The molecule has 4 heteroatoms. The van der Waals surface area contributed by atoms with Gasteiger partial charge < -0.3 is 5.73 Å². The normalized spacial score (nSPS) is 10.5. The molecular weight excluding hydrogens is 190 g/mol. The fourth-order valence-corrected chi connectivity index (χ4v) is 1.65. The highest BCUT2D eigenvalue weighted by atomic mass is 16.1. The zero-order valence-corrected chi connectivity index (χ0v) is 8.74. The Morgan fingerprint density at radius 1 is 1.27 bits per heavy atom. The van der Waals surface area contributed by atoms with Crippen molar-refractivity contribution in [2.24, 2.45) is 0 Å². The second-order valence-electron chi connectivity index (χ2n) is 3.68. The molecule has 0 saturated carbocycles. The molecule has 4 nitrogen and oxygen atoms in total. The summed E-state index contributed by atoms with van der Waals surface area (Å²) in [6.07, 6.45) is 0. The third-order valence-electron chi connectivity index (χ3n) is 2.33. The van der Waals surface area contributed by atoms with E-state index >= 15 is 0 Å². The molecule has 0 radical (unpaired) electrons. The van der Waals surface area contributed by atoms with Gasteiger partial charge in [-0.15, -0.1) is 0 Å². The van der Waals surface area contributed by atoms with Gasteiger partial charge >= 0.3 is 0 Å². The first kappa shape index (κ1) is 9.58. The Balaban J connectivity index is 2.64. The van der Waals surface area contributed by atoms with Gasteiger partial charge in [-0.1, -0.05) is 17.7 Å². The summed E-state index contributed by atoms with van der Waals surface area (Å²) in [6, 6.07) is 7.27. The number of aromatic amines is 1. The van der Waals surface area contributed by atoms with E-state index in [1.165, 1.54) is 16.3 Å². The average Bonchev–Trinajstić information content (AvgIpc) is 2.45. The number of nitrogen functional groups attached to an aromatic ring is 1. The highest BCUT2D eigenvalue weighted by Gasteiger charge is 2.05. The van der Waals surface area contributed by atoms with Crippen molar-refractivity contribution in [3.05, 3.63) is 45.7 Å². The third kappa shape index (κ3) is 1.66. The standard InChI is InChI=1S/C11H13N3O/c1-7-3-4-9(8(2)5-7)14-11(15)6-10(12)13-14/h3-6,13H,12H2,1-2H3. The van der Waals surface area contributed by atoms with Crippen molar-refractivity contribution in [1.29, 1.82) is 0 Å². The van der Waals surface area contributed by atoms with Crippen molar-refractivity contribution < 1.29 is 0 Å². The van der Waals surface area contributed by atoms with E-state index in [-0.39, 0.29) is 5.56 Å². The van der Waals surface area contributed by atoms with Crippen molar-refractivity contribution >= 4 is 5.82 Å². The Labute approximate surface area is 87.3 Å². The van der Waals surface area contributed by atoms with Gasteiger partial charge in [-0.05, 0) is 25.5 Å². The van der Waals surface area contributed by atoms with Gasteiger partial charge in [0.1, 0.15) is 5.82 Å². The van der Waals surface area contributed by atoms with E-state index in [1.54, 1.807) is 0 Å². The second-order valence-corrected chi connectivity index (χ2v) is 3.68. The summed E-state index contributed by atoms with van der Waals surface area (Å²) in [4.78, 5) is 11.5. The van der Waals surface area contributed by atoms with E-state index in [0.29, 0.717) is 5.82 Å². The Morgan fingerprint density at radius 2 is 2.00 bits per heavy atom. The first-order valence-electron chi connectivity index (χ1n) is 4.73. The van der Waals surface area contributed by atoms with E-state index in [1.807, 2.05) is 32.0 Å². The van der Waals surface area contributed by atoms with Crippen LogP contribution in [0.2, 0.25) is 0 Å². The van der Waals surface area contributed by atoms with Crippen LogP contribution in [0, 0.1) is 13.8 Å². The van der Waals surface area contributed by atoms with E-state index in [2.05, 4.69) is 5.10 Å². The highest BCUT2D eigenvalue weighted by molar-refractivity contribution is 5.43. The zero-order valence-electron chi connectivity index (χ0n) is 8.74. The maximum atomic E-state index is 11.5. The Bertz CT molecular complexity index is 551. The van der Waals surface area contributed by atoms with Gasteiger partial charge in [-0.3, -0.25) is 9.89 Å². The van der Waals surface area contributed by atoms with Crippen LogP contribution in [-0.2, 0) is 0 Å². The van der Waals surface area contributed by atoms with Crippen molar-refractivity contribution in [2.45, 2.75) is 13.8 Å². The van der Waals surface area contributed by atoms with Gasteiger partial charge in [0.25, 0.3) is 5.56 Å². The third-order valence-corrected chi connectivity index (χ3v) is 2.33. The SMILES string of the molecule is Cc1ccc(-n2[nH]c(N)cc2=O)c(C)c1. The molecule has 0 atom stereocenters. The van der Waals surface area contributed by atoms with Crippen LogP contribution in [0.15, 0.2) is 29.1 Å². The van der Waals surface area contributed by atoms with Gasteiger partial charge in [0.05, 0.1) is 5.69 Å². The van der Waals surface area contributed by atoms with Crippen molar-refractivity contribution in [3.63, 3.8) is 0 Å². The minimum absolute atomic E-state index is 0.139. The maximum absolute atomic E-state index is 11.5. The van der Waals surface area contributed by atoms with Gasteiger partial charge in [0, 0.05) is 6.07 Å². The lowest BCUT2D eigenvalue weighted by Crippen LogP contribution is -2.14. The van der Waals surface area contributed by atoms with E-state index in [4.69, 9.17) is 5.73 Å². The van der Waals surface area contributed by atoms with E-state index in [0.717, 1.165) is 11.3 Å². The number of hydrogen-bond acceptors (Lipinski definition) is 2. The van der Waals surface area contributed by atoms with Crippen LogP contribution in [0.3, 0.4) is 0 Å². The van der Waals surface area contributed by atoms with Gasteiger partial charge in [-0.25, -0.2) is 4.68 Å². The lowest BCUT2D eigenvalue weighted by atomic mass is 10.1. The first-order valence-corrected chi connectivity index (χ1v) is 4.73. The molecule has 0 aliphatic carbocycles. The number of nitrogens with zero attached hydrogens (tertiary/aromatic N) is 1. The maximum Gasteiger partial charge on any atom is 0.273 e. The van der Waals surface area contributed by atoms with Gasteiger partial charge in [0.2, 0.25) is 0 Å². The zero-order chi connectivity index (χ0) is 11.0. The van der Waals surface area contributed by atoms with Crippen LogP contribution in [0.4, 0.5) is 5.82 Å². The summed E-state index contributed by atoms with van der Waals surface area (Å²) in [5, 5.41) is 2.80. The molecule has 0 aliphatic rings. The lowest BCUT2D eigenvalue weighted by Gasteiger charge is -2.06. The van der Waals surface area contributed by atoms with Gasteiger partial charge in [0.15, 0.2) is 0 Å². The molecule has 1 aromatic carbocycles. The molecule has 0 amide bonds. The van der Waals surface area contributed by atoms with Crippen molar-refractivity contribution in [1.82, 2.24) is 9.78 Å². The van der Waals surface area contributed by atoms with Crippen LogP contribution in [0.25, 0.3) is 5.69 Å². The molecule has 3 N–H and O–H groups in total. The summed E-state index contributed by atoms with van der Waals surface area (Å²) in [5.41, 5.74) is 8.43. The largest absolute Gasteiger partial charge is 0.384 e. The molecule has 0 saturated heterocycles. The molecule has 1 heterocycles. The van der Waals surface area contributed by atoms with Crippen LogP contribution in [0.1, 0.15) is 11.1 Å². The van der Waals surface area contributed by atoms with Crippen molar-refractivity contribution in [3.8, 4) is 5.69 Å². The molecule has 2 rings (SSSR count). The minimum Gasteiger partial charge on any atom is -0.384 e. The molecular formula is C11H13N3O. The number of nitrogens with one attached hydrogen (secondary N) is 1. The Morgan fingerprint density at radius 3 is 2.53 bits per heavy atom. The number of aryl methyl sites for hydroxylation is 2. The highest BCUT2D eigenvalue weighted by Crippen LogP contribution is 2.13. The topological polar surface area (TPSA) is 63.8 Å². The summed E-state index contributed by atoms with van der Waals surface area (Å²) in [5.74, 6) is 0.375. The number of H-pyrrole nitrogens is 1. The first-order chi connectivity index (χ1) is 7.08. The number of benzene rings is 1. The number of anilines is 1. The molecule has 0 bridgehead atoms. The molecule has 0 unspecified atom stereocenters. The average molecular weight is 203 g/mol. The number of aromatic nitrogens is 2. The Kier molecular flexibility index (Phi) is 2.11. The monoisotopic (exact) mass is 203 g/mol. The fourth-order valence-electron chi connectivity index (χ4n) is 1.65. The molecule has 0 fully saturated rings. The number of nitrogens with two attached hydrogens (primary N) is 1. The molecule has 1 aromatic heterocycles. The van der Waals surface area contributed by atoms with Crippen LogP contribution in [-0.4, -0.2) is 9.78 Å². The van der Waals surface area contributed by atoms with Crippen LogP contribution in [0.5, 0.6) is 0 Å². The second kappa shape index (κ2) is 3.31. The summed E-state index contributed by atoms with van der Waals surface area (Å²) in [6.45, 7) is 3.98. The van der Waals surface area contributed by atoms with Crippen LogP contribution < -0.4 is 11.3 Å². The number of hydrogen-bond donors (Lipinski definition) is 2. The molecule has 0 spiro atoms. The van der Waals surface area contributed by atoms with Crippen molar-refractivity contribution in [2.75, 3.05) is 5.73 Å². The van der Waals surface area contributed by atoms with Crippen LogP contribution >= 0.6 is 0 Å². The fraction of sp³-hybridized carbons (Fsp3) is 0.182.